The lowest BCUT2D eigenvalue weighted by Gasteiger charge is -2.27. The van der Waals surface area contributed by atoms with E-state index in [1.54, 1.807) is 0 Å². The van der Waals surface area contributed by atoms with E-state index >= 15 is 0 Å². The first-order valence-corrected chi connectivity index (χ1v) is 11.3. The molecule has 3 rings (SSSR count). The summed E-state index contributed by atoms with van der Waals surface area (Å²) in [6.45, 7) is 6.94. The standard InChI is InChI=1S/C23H38N4O2.HI/c1-24-23(25-12-15-29-22-10-4-2-3-5-11-22)26-18-20-8-6-7-9-21(20)19-27-13-16-28-17-14-27;/h6-9,22H,2-5,10-19H2,1H3,(H2,24,25,26);1H. The van der Waals surface area contributed by atoms with Gasteiger partial charge in [-0.3, -0.25) is 9.89 Å². The van der Waals surface area contributed by atoms with Gasteiger partial charge in [-0.15, -0.1) is 24.0 Å². The molecule has 0 unspecified atom stereocenters. The Morgan fingerprint density at radius 2 is 1.77 bits per heavy atom. The van der Waals surface area contributed by atoms with Crippen LogP contribution in [0.5, 0.6) is 0 Å². The predicted molar refractivity (Wildman–Crippen MR) is 134 cm³/mol. The maximum absolute atomic E-state index is 6.06. The molecule has 0 radical (unpaired) electrons. The number of hydrogen-bond acceptors (Lipinski definition) is 4. The Hall–Kier alpha value is -0.900. The van der Waals surface area contributed by atoms with E-state index in [2.05, 4.69) is 44.8 Å². The maximum atomic E-state index is 6.06. The summed E-state index contributed by atoms with van der Waals surface area (Å²) in [5, 5.41) is 6.83. The Morgan fingerprint density at radius 1 is 1.07 bits per heavy atom. The minimum absolute atomic E-state index is 0. The number of guanidine groups is 1. The fourth-order valence-corrected chi connectivity index (χ4v) is 4.09. The van der Waals surface area contributed by atoms with Gasteiger partial charge in [-0.25, -0.2) is 0 Å². The zero-order valence-corrected chi connectivity index (χ0v) is 20.7. The molecule has 1 aromatic rings. The number of halogens is 1. The number of benzene rings is 1. The molecule has 1 heterocycles. The highest BCUT2D eigenvalue weighted by molar-refractivity contribution is 14.0. The lowest BCUT2D eigenvalue weighted by Crippen LogP contribution is -2.39. The highest BCUT2D eigenvalue weighted by atomic mass is 127. The molecule has 1 aliphatic heterocycles. The summed E-state index contributed by atoms with van der Waals surface area (Å²) in [5.41, 5.74) is 2.69. The summed E-state index contributed by atoms with van der Waals surface area (Å²) < 4.78 is 11.5. The molecule has 0 spiro atoms. The second kappa shape index (κ2) is 15.0. The minimum Gasteiger partial charge on any atom is -0.379 e. The van der Waals surface area contributed by atoms with E-state index in [1.165, 1.54) is 49.7 Å². The molecule has 7 heteroatoms. The smallest absolute Gasteiger partial charge is 0.191 e. The summed E-state index contributed by atoms with van der Waals surface area (Å²) in [6.07, 6.45) is 8.22. The molecule has 2 aliphatic rings. The van der Waals surface area contributed by atoms with Crippen molar-refractivity contribution in [2.24, 2.45) is 4.99 Å². The van der Waals surface area contributed by atoms with Gasteiger partial charge in [0.15, 0.2) is 5.96 Å². The van der Waals surface area contributed by atoms with E-state index in [1.807, 2.05) is 7.05 Å². The highest BCUT2D eigenvalue weighted by Crippen LogP contribution is 2.19. The van der Waals surface area contributed by atoms with Gasteiger partial charge in [0.25, 0.3) is 0 Å². The van der Waals surface area contributed by atoms with Crippen LogP contribution in [0.15, 0.2) is 29.3 Å². The van der Waals surface area contributed by atoms with E-state index in [0.717, 1.165) is 58.5 Å². The van der Waals surface area contributed by atoms with E-state index in [4.69, 9.17) is 9.47 Å². The molecule has 0 atom stereocenters. The third-order valence-electron chi connectivity index (χ3n) is 5.84. The molecular weight excluding hydrogens is 491 g/mol. The number of hydrogen-bond donors (Lipinski definition) is 2. The molecule has 6 nitrogen and oxygen atoms in total. The minimum atomic E-state index is 0. The fourth-order valence-electron chi connectivity index (χ4n) is 4.09. The molecule has 0 amide bonds. The molecule has 0 aromatic heterocycles. The van der Waals surface area contributed by atoms with Crippen molar-refractivity contribution in [1.82, 2.24) is 15.5 Å². The fraction of sp³-hybridized carbons (Fsp3) is 0.696. The molecule has 2 N–H and O–H groups in total. The van der Waals surface area contributed by atoms with Gasteiger partial charge in [-0.2, -0.15) is 0 Å². The van der Waals surface area contributed by atoms with Crippen LogP contribution < -0.4 is 10.6 Å². The quantitative estimate of drug-likeness (QED) is 0.177. The van der Waals surface area contributed by atoms with Gasteiger partial charge < -0.3 is 20.1 Å². The average molecular weight is 530 g/mol. The molecule has 0 bridgehead atoms. The Morgan fingerprint density at radius 3 is 2.47 bits per heavy atom. The van der Waals surface area contributed by atoms with Gasteiger partial charge in [0.2, 0.25) is 0 Å². The van der Waals surface area contributed by atoms with E-state index < -0.39 is 0 Å². The van der Waals surface area contributed by atoms with Crippen LogP contribution in [0.25, 0.3) is 0 Å². The van der Waals surface area contributed by atoms with Crippen LogP contribution in [0.4, 0.5) is 0 Å². The molecule has 1 saturated heterocycles. The largest absolute Gasteiger partial charge is 0.379 e. The summed E-state index contributed by atoms with van der Waals surface area (Å²) in [7, 11) is 1.82. The Bertz CT molecular complexity index is 615. The van der Waals surface area contributed by atoms with Crippen molar-refractivity contribution < 1.29 is 9.47 Å². The monoisotopic (exact) mass is 530 g/mol. The molecule has 170 valence electrons. The van der Waals surface area contributed by atoms with Gasteiger partial charge in [-0.05, 0) is 24.0 Å². The number of rotatable bonds is 8. The Labute approximate surface area is 199 Å². The Kier molecular flexibility index (Phi) is 12.7. The maximum Gasteiger partial charge on any atom is 0.191 e. The van der Waals surface area contributed by atoms with E-state index in [9.17, 15) is 0 Å². The summed E-state index contributed by atoms with van der Waals surface area (Å²) in [6, 6.07) is 8.66. The van der Waals surface area contributed by atoms with Gasteiger partial charge in [0.1, 0.15) is 0 Å². The van der Waals surface area contributed by atoms with Crippen molar-refractivity contribution in [1.29, 1.82) is 0 Å². The molecule has 2 fully saturated rings. The van der Waals surface area contributed by atoms with Gasteiger partial charge in [0, 0.05) is 39.8 Å². The molecular formula is C23H39IN4O2. The van der Waals surface area contributed by atoms with Crippen LogP contribution in [-0.2, 0) is 22.6 Å². The normalized spacial score (nSPS) is 19.0. The zero-order valence-electron chi connectivity index (χ0n) is 18.4. The first kappa shape index (κ1) is 25.4. The van der Waals surface area contributed by atoms with Crippen LogP contribution in [0.1, 0.15) is 49.7 Å². The van der Waals surface area contributed by atoms with Gasteiger partial charge >= 0.3 is 0 Å². The van der Waals surface area contributed by atoms with Crippen molar-refractivity contribution in [3.8, 4) is 0 Å². The number of nitrogens with zero attached hydrogens (tertiary/aromatic N) is 2. The average Bonchev–Trinajstić information content (AvgIpc) is 3.04. The van der Waals surface area contributed by atoms with Crippen LogP contribution in [0, 0.1) is 0 Å². The van der Waals surface area contributed by atoms with Crippen LogP contribution >= 0.6 is 24.0 Å². The first-order chi connectivity index (χ1) is 14.3. The number of morpholine rings is 1. The topological polar surface area (TPSA) is 58.1 Å². The zero-order chi connectivity index (χ0) is 20.2. The SMILES string of the molecule is CN=C(NCCOC1CCCCCC1)NCc1ccccc1CN1CCOCC1.I. The lowest BCUT2D eigenvalue weighted by molar-refractivity contribution is 0.0341. The molecule has 1 saturated carbocycles. The van der Waals surface area contributed by atoms with E-state index in [-0.39, 0.29) is 24.0 Å². The van der Waals surface area contributed by atoms with Crippen LogP contribution in [0.3, 0.4) is 0 Å². The van der Waals surface area contributed by atoms with E-state index in [0.29, 0.717) is 6.10 Å². The van der Waals surface area contributed by atoms with Crippen molar-refractivity contribution in [2.45, 2.75) is 57.7 Å². The molecule has 1 aliphatic carbocycles. The van der Waals surface area contributed by atoms with Crippen molar-refractivity contribution in [3.05, 3.63) is 35.4 Å². The van der Waals surface area contributed by atoms with Gasteiger partial charge in [-0.1, -0.05) is 49.9 Å². The number of ether oxygens (including phenoxy) is 2. The van der Waals surface area contributed by atoms with Gasteiger partial charge in [0.05, 0.1) is 25.9 Å². The summed E-state index contributed by atoms with van der Waals surface area (Å²) in [5.74, 6) is 0.829. The Balaban J connectivity index is 0.00000320. The van der Waals surface area contributed by atoms with Crippen LogP contribution in [0.2, 0.25) is 0 Å². The summed E-state index contributed by atoms with van der Waals surface area (Å²) >= 11 is 0. The lowest BCUT2D eigenvalue weighted by atomic mass is 10.1. The number of nitrogens with one attached hydrogen (secondary N) is 2. The van der Waals surface area contributed by atoms with Crippen molar-refractivity contribution in [2.75, 3.05) is 46.5 Å². The van der Waals surface area contributed by atoms with Crippen molar-refractivity contribution >= 4 is 29.9 Å². The third kappa shape index (κ3) is 9.08. The molecule has 30 heavy (non-hydrogen) atoms. The molecule has 1 aromatic carbocycles. The highest BCUT2D eigenvalue weighted by Gasteiger charge is 2.14. The number of aliphatic imine (C=N–C) groups is 1. The van der Waals surface area contributed by atoms with Crippen LogP contribution in [-0.4, -0.2) is 63.5 Å². The second-order valence-corrected chi connectivity index (χ2v) is 7.99. The first-order valence-electron chi connectivity index (χ1n) is 11.3. The van der Waals surface area contributed by atoms with Crippen molar-refractivity contribution in [3.63, 3.8) is 0 Å². The summed E-state index contributed by atoms with van der Waals surface area (Å²) in [4.78, 5) is 6.82. The third-order valence-corrected chi connectivity index (χ3v) is 5.84. The predicted octanol–water partition coefficient (Wildman–Crippen LogP) is 3.54. The second-order valence-electron chi connectivity index (χ2n) is 7.99.